The first-order valence-corrected chi connectivity index (χ1v) is 9.90. The first-order chi connectivity index (χ1) is 13.5. The molecule has 1 atom stereocenters. The number of likely N-dealkylation sites (N-methyl/N-ethyl adjacent to an activating group) is 1. The molecule has 7 nitrogen and oxygen atoms in total. The number of carbonyl (C=O) groups excluding carboxylic acids is 3. The van der Waals surface area contributed by atoms with Crippen LogP contribution in [0.1, 0.15) is 24.5 Å². The molecule has 1 spiro atoms. The molecule has 0 saturated carbocycles. The Balaban J connectivity index is 1.57. The zero-order chi connectivity index (χ0) is 19.9. The van der Waals surface area contributed by atoms with E-state index in [0.717, 1.165) is 20.5 Å². The summed E-state index contributed by atoms with van der Waals surface area (Å²) in [6, 6.07) is 10.6. The Bertz CT molecular complexity index is 962. The lowest BCUT2D eigenvalue weighted by atomic mass is 9.92. The van der Waals surface area contributed by atoms with E-state index in [9.17, 15) is 14.4 Å². The number of nitrogens with one attached hydrogen (secondary N) is 1. The molecule has 144 valence electrons. The number of benzene rings is 1. The molecule has 4 rings (SSSR count). The summed E-state index contributed by atoms with van der Waals surface area (Å²) in [6.07, 6.45) is 2.82. The normalized spacial score (nSPS) is 20.4. The monoisotopic (exact) mass is 442 g/mol. The highest BCUT2D eigenvalue weighted by molar-refractivity contribution is 9.10. The maximum absolute atomic E-state index is 13.2. The van der Waals surface area contributed by atoms with Gasteiger partial charge in [-0.3, -0.25) is 19.4 Å². The SMILES string of the molecule is CCN(C(=O)CN1C(=O)NC2(CCc3ccccc32)C1=O)c1ccc(Br)cn1. The van der Waals surface area contributed by atoms with Gasteiger partial charge in [0.05, 0.1) is 0 Å². The van der Waals surface area contributed by atoms with Crippen molar-refractivity contribution >= 4 is 39.6 Å². The average Bonchev–Trinajstić information content (AvgIpc) is 3.17. The van der Waals surface area contributed by atoms with Gasteiger partial charge in [-0.15, -0.1) is 0 Å². The van der Waals surface area contributed by atoms with Crippen LogP contribution in [-0.4, -0.2) is 40.8 Å². The van der Waals surface area contributed by atoms with Crippen LogP contribution < -0.4 is 10.2 Å². The first kappa shape index (κ1) is 18.6. The molecule has 4 amide bonds. The smallest absolute Gasteiger partial charge is 0.319 e. The van der Waals surface area contributed by atoms with Crippen LogP contribution in [0, 0.1) is 0 Å². The second-order valence-electron chi connectivity index (χ2n) is 6.86. The number of hydrogen-bond acceptors (Lipinski definition) is 4. The third kappa shape index (κ3) is 2.88. The second kappa shape index (κ2) is 7.01. The van der Waals surface area contributed by atoms with Gasteiger partial charge in [-0.25, -0.2) is 9.78 Å². The average molecular weight is 443 g/mol. The lowest BCUT2D eigenvalue weighted by Crippen LogP contribution is -2.45. The van der Waals surface area contributed by atoms with Gasteiger partial charge in [-0.05, 0) is 59.0 Å². The Hall–Kier alpha value is -2.74. The molecule has 1 aliphatic heterocycles. The van der Waals surface area contributed by atoms with Crippen molar-refractivity contribution in [3.63, 3.8) is 0 Å². The number of fused-ring (bicyclic) bond motifs is 2. The maximum atomic E-state index is 13.2. The minimum Gasteiger partial charge on any atom is -0.319 e. The number of aromatic nitrogens is 1. The summed E-state index contributed by atoms with van der Waals surface area (Å²) >= 11 is 3.32. The molecule has 2 aromatic rings. The number of imide groups is 1. The minimum absolute atomic E-state index is 0.319. The van der Waals surface area contributed by atoms with Crippen LogP contribution >= 0.6 is 15.9 Å². The standard InChI is InChI=1S/C20H19BrN4O3/c1-2-24(16-8-7-14(21)11-22-16)17(26)12-25-18(27)20(23-19(25)28)10-9-13-5-3-4-6-15(13)20/h3-8,11H,2,9-10,12H2,1H3,(H,23,28). The van der Waals surface area contributed by atoms with Gasteiger partial charge in [0.15, 0.2) is 0 Å². The number of aryl methyl sites for hydroxylation is 1. The molecule has 1 saturated heterocycles. The Kier molecular flexibility index (Phi) is 4.66. The zero-order valence-electron chi connectivity index (χ0n) is 15.3. The van der Waals surface area contributed by atoms with Crippen molar-refractivity contribution < 1.29 is 14.4 Å². The van der Waals surface area contributed by atoms with Crippen molar-refractivity contribution in [1.29, 1.82) is 0 Å². The molecule has 0 bridgehead atoms. The number of amides is 4. The fourth-order valence-electron chi connectivity index (χ4n) is 3.95. The van der Waals surface area contributed by atoms with E-state index in [1.807, 2.05) is 31.2 Å². The molecule has 8 heteroatoms. The number of nitrogens with zero attached hydrogens (tertiary/aromatic N) is 3. The molecule has 28 heavy (non-hydrogen) atoms. The number of carbonyl (C=O) groups is 3. The molecule has 1 N–H and O–H groups in total. The molecule has 1 aromatic heterocycles. The third-order valence-electron chi connectivity index (χ3n) is 5.32. The Morgan fingerprint density at radius 1 is 1.29 bits per heavy atom. The van der Waals surface area contributed by atoms with E-state index in [1.165, 1.54) is 4.90 Å². The highest BCUT2D eigenvalue weighted by Gasteiger charge is 2.55. The summed E-state index contributed by atoms with van der Waals surface area (Å²) in [5.74, 6) is -0.247. The molecule has 1 unspecified atom stereocenters. The van der Waals surface area contributed by atoms with Gasteiger partial charge in [0, 0.05) is 17.2 Å². The van der Waals surface area contributed by atoms with E-state index < -0.39 is 11.6 Å². The summed E-state index contributed by atoms with van der Waals surface area (Å²) < 4.78 is 0.802. The van der Waals surface area contributed by atoms with Gasteiger partial charge in [0.25, 0.3) is 5.91 Å². The number of hydrogen-bond donors (Lipinski definition) is 1. The minimum atomic E-state index is -1.05. The second-order valence-corrected chi connectivity index (χ2v) is 7.77. The van der Waals surface area contributed by atoms with Crippen LogP contribution in [0.15, 0.2) is 47.1 Å². The van der Waals surface area contributed by atoms with E-state index in [-0.39, 0.29) is 18.4 Å². The summed E-state index contributed by atoms with van der Waals surface area (Å²) in [7, 11) is 0. The number of urea groups is 1. The Morgan fingerprint density at radius 2 is 2.07 bits per heavy atom. The van der Waals surface area contributed by atoms with Gasteiger partial charge in [0.1, 0.15) is 17.9 Å². The van der Waals surface area contributed by atoms with Crippen molar-refractivity contribution in [3.05, 3.63) is 58.2 Å². The predicted octanol–water partition coefficient (Wildman–Crippen LogP) is 2.59. The third-order valence-corrected chi connectivity index (χ3v) is 5.79. The van der Waals surface area contributed by atoms with E-state index in [4.69, 9.17) is 0 Å². The van der Waals surface area contributed by atoms with Gasteiger partial charge in [-0.1, -0.05) is 24.3 Å². The van der Waals surface area contributed by atoms with Gasteiger partial charge in [-0.2, -0.15) is 0 Å². The molecule has 2 aliphatic rings. The Morgan fingerprint density at radius 3 is 2.79 bits per heavy atom. The van der Waals surface area contributed by atoms with Gasteiger partial charge in [0.2, 0.25) is 5.91 Å². The highest BCUT2D eigenvalue weighted by Crippen LogP contribution is 2.41. The lowest BCUT2D eigenvalue weighted by Gasteiger charge is -2.24. The lowest BCUT2D eigenvalue weighted by molar-refractivity contribution is -0.134. The fraction of sp³-hybridized carbons (Fsp3) is 0.300. The van der Waals surface area contributed by atoms with Crippen LogP contribution in [0.3, 0.4) is 0 Å². The first-order valence-electron chi connectivity index (χ1n) is 9.10. The van der Waals surface area contributed by atoms with Crippen molar-refractivity contribution in [3.8, 4) is 0 Å². The maximum Gasteiger partial charge on any atom is 0.325 e. The van der Waals surface area contributed by atoms with Crippen LogP contribution in [0.2, 0.25) is 0 Å². The Labute approximate surface area is 170 Å². The van der Waals surface area contributed by atoms with Crippen LogP contribution in [0.5, 0.6) is 0 Å². The quantitative estimate of drug-likeness (QED) is 0.737. The van der Waals surface area contributed by atoms with Crippen LogP contribution in [-0.2, 0) is 21.5 Å². The van der Waals surface area contributed by atoms with Crippen molar-refractivity contribution in [2.45, 2.75) is 25.3 Å². The fourth-order valence-corrected chi connectivity index (χ4v) is 4.18. The summed E-state index contributed by atoms with van der Waals surface area (Å²) in [4.78, 5) is 45.3. The molecule has 1 aliphatic carbocycles. The van der Waals surface area contributed by atoms with E-state index in [2.05, 4.69) is 26.2 Å². The number of anilines is 1. The molecule has 1 fully saturated rings. The van der Waals surface area contributed by atoms with Gasteiger partial charge < -0.3 is 5.32 Å². The zero-order valence-corrected chi connectivity index (χ0v) is 16.9. The van der Waals surface area contributed by atoms with Crippen molar-refractivity contribution in [1.82, 2.24) is 15.2 Å². The predicted molar refractivity (Wildman–Crippen MR) is 107 cm³/mol. The number of halogens is 1. The van der Waals surface area contributed by atoms with Crippen LogP contribution in [0.25, 0.3) is 0 Å². The summed E-state index contributed by atoms with van der Waals surface area (Å²) in [5.41, 5.74) is 0.824. The molecule has 2 heterocycles. The molecular weight excluding hydrogens is 424 g/mol. The van der Waals surface area contributed by atoms with E-state index in [0.29, 0.717) is 25.2 Å². The van der Waals surface area contributed by atoms with E-state index >= 15 is 0 Å². The topological polar surface area (TPSA) is 82.6 Å². The summed E-state index contributed by atoms with van der Waals surface area (Å²) in [5, 5.41) is 2.84. The summed E-state index contributed by atoms with van der Waals surface area (Å²) in [6.45, 7) is 1.88. The molecule has 1 aromatic carbocycles. The highest BCUT2D eigenvalue weighted by atomic mass is 79.9. The van der Waals surface area contributed by atoms with Crippen LogP contribution in [0.4, 0.5) is 10.6 Å². The van der Waals surface area contributed by atoms with E-state index in [1.54, 1.807) is 18.3 Å². The molecule has 0 radical (unpaired) electrons. The number of rotatable bonds is 4. The molecular formula is C20H19BrN4O3. The largest absolute Gasteiger partial charge is 0.325 e. The van der Waals surface area contributed by atoms with Crippen molar-refractivity contribution in [2.75, 3.05) is 18.0 Å². The van der Waals surface area contributed by atoms with Crippen molar-refractivity contribution in [2.24, 2.45) is 0 Å². The number of pyridine rings is 1. The van der Waals surface area contributed by atoms with Gasteiger partial charge >= 0.3 is 6.03 Å².